The van der Waals surface area contributed by atoms with Gasteiger partial charge in [0.15, 0.2) is 5.78 Å². The molecule has 0 aliphatic heterocycles. The SMILES string of the molecule is Cc1cc(=N)n(CC(=O)c2ccc(Cl)cc2)c(C)n1. The monoisotopic (exact) mass is 275 g/mol. The van der Waals surface area contributed by atoms with E-state index in [1.54, 1.807) is 41.8 Å². The second-order valence-electron chi connectivity index (χ2n) is 4.35. The molecule has 1 N–H and O–H groups in total. The summed E-state index contributed by atoms with van der Waals surface area (Å²) in [5.74, 6) is 0.594. The summed E-state index contributed by atoms with van der Waals surface area (Å²) in [7, 11) is 0. The van der Waals surface area contributed by atoms with Gasteiger partial charge in [0.2, 0.25) is 0 Å². The van der Waals surface area contributed by atoms with Crippen LogP contribution in [0.25, 0.3) is 0 Å². The first-order chi connectivity index (χ1) is 8.97. The molecule has 0 amide bonds. The first kappa shape index (κ1) is 13.5. The normalized spacial score (nSPS) is 10.5. The molecule has 2 aromatic rings. The van der Waals surface area contributed by atoms with E-state index in [-0.39, 0.29) is 17.8 Å². The molecule has 5 heteroatoms. The average molecular weight is 276 g/mol. The van der Waals surface area contributed by atoms with E-state index in [0.29, 0.717) is 16.4 Å². The van der Waals surface area contributed by atoms with Crippen LogP contribution in [0.2, 0.25) is 5.02 Å². The van der Waals surface area contributed by atoms with Gasteiger partial charge in [-0.3, -0.25) is 10.2 Å². The van der Waals surface area contributed by atoms with Crippen molar-refractivity contribution in [2.75, 3.05) is 0 Å². The molecule has 0 atom stereocenters. The van der Waals surface area contributed by atoms with E-state index in [1.807, 2.05) is 6.92 Å². The molecule has 0 saturated carbocycles. The van der Waals surface area contributed by atoms with Crippen molar-refractivity contribution in [3.05, 3.63) is 57.9 Å². The van der Waals surface area contributed by atoms with Gasteiger partial charge in [0.1, 0.15) is 11.3 Å². The molecule has 98 valence electrons. The maximum Gasteiger partial charge on any atom is 0.182 e. The van der Waals surface area contributed by atoms with Crippen LogP contribution in [0.15, 0.2) is 30.3 Å². The number of aryl methyl sites for hydroxylation is 2. The number of hydrogen-bond acceptors (Lipinski definition) is 3. The van der Waals surface area contributed by atoms with Crippen molar-refractivity contribution in [3.63, 3.8) is 0 Å². The summed E-state index contributed by atoms with van der Waals surface area (Å²) in [6.45, 7) is 3.73. The maximum atomic E-state index is 12.1. The fourth-order valence-corrected chi connectivity index (χ4v) is 1.99. The number of benzene rings is 1. The van der Waals surface area contributed by atoms with Crippen LogP contribution in [0.4, 0.5) is 0 Å². The van der Waals surface area contributed by atoms with E-state index in [0.717, 1.165) is 5.69 Å². The van der Waals surface area contributed by atoms with E-state index in [4.69, 9.17) is 17.0 Å². The third kappa shape index (κ3) is 3.09. The molecule has 0 bridgehead atoms. The van der Waals surface area contributed by atoms with Crippen molar-refractivity contribution >= 4 is 17.4 Å². The number of Topliss-reactive ketones (excluding diaryl/α,β-unsaturated/α-hetero) is 1. The molecule has 0 spiro atoms. The van der Waals surface area contributed by atoms with E-state index >= 15 is 0 Å². The van der Waals surface area contributed by atoms with Crippen LogP contribution in [0.1, 0.15) is 21.9 Å². The van der Waals surface area contributed by atoms with Crippen LogP contribution in [0, 0.1) is 19.3 Å². The molecular formula is C14H14ClN3O. The number of aromatic nitrogens is 2. The number of rotatable bonds is 3. The summed E-state index contributed by atoms with van der Waals surface area (Å²) in [6, 6.07) is 8.38. The molecule has 2 rings (SSSR count). The Balaban J connectivity index is 2.29. The summed E-state index contributed by atoms with van der Waals surface area (Å²) in [5.41, 5.74) is 1.64. The number of halogens is 1. The number of carbonyl (C=O) groups is 1. The van der Waals surface area contributed by atoms with Crippen molar-refractivity contribution in [2.45, 2.75) is 20.4 Å². The van der Waals surface area contributed by atoms with Gasteiger partial charge < -0.3 is 4.57 Å². The number of nitrogens with zero attached hydrogens (tertiary/aromatic N) is 2. The minimum atomic E-state index is -0.0658. The lowest BCUT2D eigenvalue weighted by molar-refractivity contribution is 0.0969. The minimum Gasteiger partial charge on any atom is -0.307 e. The third-order valence-electron chi connectivity index (χ3n) is 2.83. The predicted octanol–water partition coefficient (Wildman–Crippen LogP) is 2.52. The number of ketones is 1. The summed E-state index contributed by atoms with van der Waals surface area (Å²) >= 11 is 5.79. The molecule has 0 unspecified atom stereocenters. The highest BCUT2D eigenvalue weighted by molar-refractivity contribution is 6.30. The third-order valence-corrected chi connectivity index (χ3v) is 3.09. The molecule has 1 heterocycles. The second-order valence-corrected chi connectivity index (χ2v) is 4.78. The molecule has 0 radical (unpaired) electrons. The number of hydrogen-bond donors (Lipinski definition) is 1. The predicted molar refractivity (Wildman–Crippen MR) is 73.3 cm³/mol. The van der Waals surface area contributed by atoms with Gasteiger partial charge in [-0.15, -0.1) is 0 Å². The van der Waals surface area contributed by atoms with Gasteiger partial charge in [-0.1, -0.05) is 11.6 Å². The minimum absolute atomic E-state index is 0.0658. The van der Waals surface area contributed by atoms with Gasteiger partial charge in [-0.05, 0) is 38.1 Å². The Labute approximate surface area is 116 Å². The van der Waals surface area contributed by atoms with Crippen molar-refractivity contribution in [1.29, 1.82) is 5.41 Å². The molecule has 0 saturated heterocycles. The summed E-state index contributed by atoms with van der Waals surface area (Å²) < 4.78 is 1.59. The van der Waals surface area contributed by atoms with Crippen LogP contribution in [0.5, 0.6) is 0 Å². The van der Waals surface area contributed by atoms with E-state index in [9.17, 15) is 4.79 Å². The zero-order valence-electron chi connectivity index (χ0n) is 10.8. The summed E-state index contributed by atoms with van der Waals surface area (Å²) in [6.07, 6.45) is 0. The van der Waals surface area contributed by atoms with Gasteiger partial charge in [0, 0.05) is 22.3 Å². The zero-order chi connectivity index (χ0) is 14.0. The molecule has 0 fully saturated rings. The van der Waals surface area contributed by atoms with E-state index in [2.05, 4.69) is 4.98 Å². The molecular weight excluding hydrogens is 262 g/mol. The molecule has 0 aliphatic carbocycles. The van der Waals surface area contributed by atoms with Crippen molar-refractivity contribution in [2.24, 2.45) is 0 Å². The molecule has 1 aromatic heterocycles. The number of carbonyl (C=O) groups excluding carboxylic acids is 1. The van der Waals surface area contributed by atoms with Gasteiger partial charge in [0.05, 0.1) is 6.54 Å². The fraction of sp³-hybridized carbons (Fsp3) is 0.214. The first-order valence-corrected chi connectivity index (χ1v) is 6.23. The lowest BCUT2D eigenvalue weighted by atomic mass is 10.1. The Bertz CT molecular complexity index is 674. The molecule has 19 heavy (non-hydrogen) atoms. The summed E-state index contributed by atoms with van der Waals surface area (Å²) in [4.78, 5) is 16.4. The largest absolute Gasteiger partial charge is 0.307 e. The second kappa shape index (κ2) is 5.36. The molecule has 1 aromatic carbocycles. The lowest BCUT2D eigenvalue weighted by Gasteiger charge is -2.10. The molecule has 4 nitrogen and oxygen atoms in total. The highest BCUT2D eigenvalue weighted by Gasteiger charge is 2.09. The van der Waals surface area contributed by atoms with Crippen LogP contribution in [0.3, 0.4) is 0 Å². The first-order valence-electron chi connectivity index (χ1n) is 5.86. The van der Waals surface area contributed by atoms with Gasteiger partial charge >= 0.3 is 0 Å². The Morgan fingerprint density at radius 3 is 2.53 bits per heavy atom. The van der Waals surface area contributed by atoms with Crippen LogP contribution in [-0.4, -0.2) is 15.3 Å². The van der Waals surface area contributed by atoms with Gasteiger partial charge in [-0.25, -0.2) is 4.98 Å². The fourth-order valence-electron chi connectivity index (χ4n) is 1.87. The smallest absolute Gasteiger partial charge is 0.182 e. The quantitative estimate of drug-likeness (QED) is 0.875. The van der Waals surface area contributed by atoms with Crippen molar-refractivity contribution < 1.29 is 4.79 Å². The Morgan fingerprint density at radius 2 is 1.95 bits per heavy atom. The standard InChI is InChI=1S/C14H14ClN3O/c1-9-7-14(16)18(10(2)17-9)8-13(19)11-3-5-12(15)6-4-11/h3-7,16H,8H2,1-2H3. The average Bonchev–Trinajstić information content (AvgIpc) is 2.34. The Morgan fingerprint density at radius 1 is 1.32 bits per heavy atom. The topological polar surface area (TPSA) is 58.7 Å². The maximum absolute atomic E-state index is 12.1. The van der Waals surface area contributed by atoms with Gasteiger partial charge in [0.25, 0.3) is 0 Å². The van der Waals surface area contributed by atoms with Crippen LogP contribution < -0.4 is 5.49 Å². The van der Waals surface area contributed by atoms with Crippen LogP contribution >= 0.6 is 11.6 Å². The van der Waals surface area contributed by atoms with Crippen molar-refractivity contribution in [1.82, 2.24) is 9.55 Å². The highest BCUT2D eigenvalue weighted by Crippen LogP contribution is 2.10. The zero-order valence-corrected chi connectivity index (χ0v) is 11.5. The Kier molecular flexibility index (Phi) is 3.81. The van der Waals surface area contributed by atoms with Crippen LogP contribution in [-0.2, 0) is 6.54 Å². The molecule has 0 aliphatic rings. The van der Waals surface area contributed by atoms with Crippen molar-refractivity contribution in [3.8, 4) is 0 Å². The van der Waals surface area contributed by atoms with Gasteiger partial charge in [-0.2, -0.15) is 0 Å². The van der Waals surface area contributed by atoms with E-state index < -0.39 is 0 Å². The Hall–Kier alpha value is -1.94. The highest BCUT2D eigenvalue weighted by atomic mass is 35.5. The summed E-state index contributed by atoms with van der Waals surface area (Å²) in [5, 5.41) is 8.49. The van der Waals surface area contributed by atoms with E-state index in [1.165, 1.54) is 0 Å². The lowest BCUT2D eigenvalue weighted by Crippen LogP contribution is -2.27. The number of nitrogens with one attached hydrogen (secondary N) is 1.